The van der Waals surface area contributed by atoms with Gasteiger partial charge < -0.3 is 19.5 Å². The number of rotatable bonds is 10. The number of nitrogens with zero attached hydrogens (tertiary/aromatic N) is 1. The first-order chi connectivity index (χ1) is 8.86. The second-order valence-electron chi connectivity index (χ2n) is 3.75. The molecule has 0 bridgehead atoms. The molecule has 5 nitrogen and oxygen atoms in total. The number of ether oxygens (including phenoxy) is 3. The Hall–Kier alpha value is -1.33. The third kappa shape index (κ3) is 6.42. The van der Waals surface area contributed by atoms with Crippen molar-refractivity contribution in [1.82, 2.24) is 4.98 Å². The van der Waals surface area contributed by atoms with Crippen LogP contribution in [0.1, 0.15) is 13.3 Å². The number of aromatic nitrogens is 1. The van der Waals surface area contributed by atoms with E-state index < -0.39 is 0 Å². The highest BCUT2D eigenvalue weighted by atomic mass is 16.5. The van der Waals surface area contributed by atoms with Crippen LogP contribution in [0.5, 0.6) is 5.75 Å². The van der Waals surface area contributed by atoms with Crippen LogP contribution in [0.15, 0.2) is 18.5 Å². The lowest BCUT2D eigenvalue weighted by Crippen LogP contribution is -2.09. The van der Waals surface area contributed by atoms with Gasteiger partial charge in [-0.15, -0.1) is 0 Å². The van der Waals surface area contributed by atoms with Gasteiger partial charge in [0.15, 0.2) is 0 Å². The summed E-state index contributed by atoms with van der Waals surface area (Å²) in [5.41, 5.74) is 0.969. The predicted molar refractivity (Wildman–Crippen MR) is 71.2 cm³/mol. The maximum atomic E-state index is 5.54. The Balaban J connectivity index is 2.13. The van der Waals surface area contributed by atoms with E-state index in [4.69, 9.17) is 14.2 Å². The van der Waals surface area contributed by atoms with Gasteiger partial charge in [0.2, 0.25) is 0 Å². The van der Waals surface area contributed by atoms with E-state index in [0.29, 0.717) is 19.8 Å². The van der Waals surface area contributed by atoms with Crippen molar-refractivity contribution in [3.8, 4) is 5.75 Å². The Labute approximate surface area is 108 Å². The molecule has 5 heteroatoms. The Bertz CT molecular complexity index is 321. The molecule has 1 aromatic rings. The minimum atomic E-state index is 0.532. The summed E-state index contributed by atoms with van der Waals surface area (Å²) in [4.78, 5) is 4.10. The average molecular weight is 254 g/mol. The minimum absolute atomic E-state index is 0.532. The van der Waals surface area contributed by atoms with E-state index in [-0.39, 0.29) is 0 Å². The van der Waals surface area contributed by atoms with Gasteiger partial charge in [-0.2, -0.15) is 0 Å². The van der Waals surface area contributed by atoms with Crippen LogP contribution >= 0.6 is 0 Å². The Kier molecular flexibility index (Phi) is 7.92. The number of nitrogens with one attached hydrogen (secondary N) is 1. The Morgan fingerprint density at radius 1 is 1.17 bits per heavy atom. The molecule has 1 heterocycles. The van der Waals surface area contributed by atoms with Crippen LogP contribution < -0.4 is 10.1 Å². The van der Waals surface area contributed by atoms with Gasteiger partial charge >= 0.3 is 0 Å². The lowest BCUT2D eigenvalue weighted by Gasteiger charge is -2.08. The van der Waals surface area contributed by atoms with Gasteiger partial charge in [-0.25, -0.2) is 0 Å². The molecule has 1 aromatic heterocycles. The van der Waals surface area contributed by atoms with Crippen molar-refractivity contribution in [2.45, 2.75) is 13.3 Å². The number of hydrogen-bond acceptors (Lipinski definition) is 5. The summed E-state index contributed by atoms with van der Waals surface area (Å²) in [6.45, 7) is 5.46. The van der Waals surface area contributed by atoms with Gasteiger partial charge in [-0.05, 0) is 13.3 Å². The summed E-state index contributed by atoms with van der Waals surface area (Å²) in [6.07, 6.45) is 4.39. The molecule has 0 saturated heterocycles. The molecule has 18 heavy (non-hydrogen) atoms. The summed E-state index contributed by atoms with van der Waals surface area (Å²) in [5, 5.41) is 3.19. The molecular formula is C13H22N2O3. The van der Waals surface area contributed by atoms with E-state index in [9.17, 15) is 0 Å². The van der Waals surface area contributed by atoms with Crippen molar-refractivity contribution in [2.24, 2.45) is 0 Å². The van der Waals surface area contributed by atoms with Crippen molar-refractivity contribution in [1.29, 1.82) is 0 Å². The zero-order chi connectivity index (χ0) is 13.1. The lowest BCUT2D eigenvalue weighted by molar-refractivity contribution is 0.0806. The van der Waals surface area contributed by atoms with Crippen LogP contribution in [0.3, 0.4) is 0 Å². The van der Waals surface area contributed by atoms with E-state index in [2.05, 4.69) is 10.3 Å². The Morgan fingerprint density at radius 2 is 2.06 bits per heavy atom. The topological polar surface area (TPSA) is 52.6 Å². The molecule has 1 N–H and O–H groups in total. The summed E-state index contributed by atoms with van der Waals surface area (Å²) in [7, 11) is 1.69. The fourth-order valence-corrected chi connectivity index (χ4v) is 1.42. The second kappa shape index (κ2) is 9.67. The van der Waals surface area contributed by atoms with Crippen molar-refractivity contribution in [2.75, 3.05) is 45.4 Å². The van der Waals surface area contributed by atoms with Gasteiger partial charge in [-0.3, -0.25) is 4.98 Å². The summed E-state index contributed by atoms with van der Waals surface area (Å²) in [5.74, 6) is 0.758. The summed E-state index contributed by atoms with van der Waals surface area (Å²) >= 11 is 0. The van der Waals surface area contributed by atoms with Gasteiger partial charge in [0.1, 0.15) is 12.4 Å². The van der Waals surface area contributed by atoms with Crippen LogP contribution in [-0.4, -0.2) is 45.1 Å². The molecule has 1 rings (SSSR count). The van der Waals surface area contributed by atoms with Gasteiger partial charge in [0, 0.05) is 32.9 Å². The minimum Gasteiger partial charge on any atom is -0.489 e. The second-order valence-corrected chi connectivity index (χ2v) is 3.75. The first kappa shape index (κ1) is 14.7. The third-order valence-corrected chi connectivity index (χ3v) is 2.23. The van der Waals surface area contributed by atoms with Crippen LogP contribution in [0.2, 0.25) is 0 Å². The fraction of sp³-hybridized carbons (Fsp3) is 0.615. The van der Waals surface area contributed by atoms with E-state index in [0.717, 1.165) is 31.0 Å². The number of methoxy groups -OCH3 is 1. The standard InChI is InChI=1S/C13H22N2O3/c1-3-15-12-9-13(11-14-10-12)18-8-7-17-6-4-5-16-2/h9-11,15H,3-8H2,1-2H3. The molecular weight excluding hydrogens is 232 g/mol. The molecule has 0 radical (unpaired) electrons. The van der Waals surface area contributed by atoms with Crippen LogP contribution in [-0.2, 0) is 9.47 Å². The predicted octanol–water partition coefficient (Wildman–Crippen LogP) is 1.95. The highest BCUT2D eigenvalue weighted by Crippen LogP contribution is 2.14. The SMILES string of the molecule is CCNc1cncc(OCCOCCCOC)c1. The smallest absolute Gasteiger partial charge is 0.139 e. The number of anilines is 1. The highest BCUT2D eigenvalue weighted by molar-refractivity contribution is 5.44. The van der Waals surface area contributed by atoms with Crippen LogP contribution in [0.4, 0.5) is 5.69 Å². The molecule has 0 unspecified atom stereocenters. The lowest BCUT2D eigenvalue weighted by atomic mass is 10.4. The van der Waals surface area contributed by atoms with Crippen molar-refractivity contribution in [3.63, 3.8) is 0 Å². The quantitative estimate of drug-likeness (QED) is 0.647. The number of pyridine rings is 1. The molecule has 0 aliphatic carbocycles. The maximum absolute atomic E-state index is 5.54. The van der Waals surface area contributed by atoms with Crippen LogP contribution in [0.25, 0.3) is 0 Å². The molecule has 0 saturated carbocycles. The molecule has 102 valence electrons. The fourth-order valence-electron chi connectivity index (χ4n) is 1.42. The van der Waals surface area contributed by atoms with E-state index >= 15 is 0 Å². The largest absolute Gasteiger partial charge is 0.489 e. The first-order valence-corrected chi connectivity index (χ1v) is 6.25. The van der Waals surface area contributed by atoms with Crippen molar-refractivity contribution < 1.29 is 14.2 Å². The highest BCUT2D eigenvalue weighted by Gasteiger charge is 1.97. The van der Waals surface area contributed by atoms with Gasteiger partial charge in [0.25, 0.3) is 0 Å². The molecule has 0 spiro atoms. The van der Waals surface area contributed by atoms with Crippen molar-refractivity contribution in [3.05, 3.63) is 18.5 Å². The zero-order valence-corrected chi connectivity index (χ0v) is 11.1. The summed E-state index contributed by atoms with van der Waals surface area (Å²) in [6, 6.07) is 1.93. The van der Waals surface area contributed by atoms with E-state index in [1.54, 1.807) is 19.5 Å². The molecule has 0 aromatic carbocycles. The van der Waals surface area contributed by atoms with Gasteiger partial charge in [-0.1, -0.05) is 0 Å². The van der Waals surface area contributed by atoms with E-state index in [1.165, 1.54) is 0 Å². The van der Waals surface area contributed by atoms with E-state index in [1.807, 2.05) is 13.0 Å². The molecule has 0 aliphatic rings. The number of hydrogen-bond donors (Lipinski definition) is 1. The molecule has 0 aliphatic heterocycles. The average Bonchev–Trinajstić information content (AvgIpc) is 2.39. The molecule has 0 amide bonds. The normalized spacial score (nSPS) is 10.3. The first-order valence-electron chi connectivity index (χ1n) is 6.25. The van der Waals surface area contributed by atoms with Gasteiger partial charge in [0.05, 0.1) is 24.7 Å². The molecule has 0 fully saturated rings. The summed E-state index contributed by atoms with van der Waals surface area (Å²) < 4.78 is 15.9. The third-order valence-electron chi connectivity index (χ3n) is 2.23. The zero-order valence-electron chi connectivity index (χ0n) is 11.1. The van der Waals surface area contributed by atoms with Crippen molar-refractivity contribution >= 4 is 5.69 Å². The maximum Gasteiger partial charge on any atom is 0.139 e. The monoisotopic (exact) mass is 254 g/mol. The molecule has 0 atom stereocenters. The Morgan fingerprint density at radius 3 is 2.83 bits per heavy atom. The van der Waals surface area contributed by atoms with Crippen LogP contribution in [0, 0.1) is 0 Å².